The summed E-state index contributed by atoms with van der Waals surface area (Å²) < 4.78 is 6.53. The summed E-state index contributed by atoms with van der Waals surface area (Å²) >= 11 is 0. The Hall–Kier alpha value is -0.450. The van der Waals surface area contributed by atoms with E-state index in [1.807, 2.05) is 0 Å². The summed E-state index contributed by atoms with van der Waals surface area (Å²) in [6, 6.07) is 0. The van der Waals surface area contributed by atoms with Crippen LogP contribution in [0.15, 0.2) is 0 Å². The zero-order valence-corrected chi connectivity index (χ0v) is 12.1. The number of Topliss-reactive ketones (excluding diaryl/α,β-unsaturated/α-hetero) is 1. The predicted molar refractivity (Wildman–Crippen MR) is 71.9 cm³/mol. The van der Waals surface area contributed by atoms with Crippen LogP contribution in [0.25, 0.3) is 0 Å². The fourth-order valence-electron chi connectivity index (χ4n) is 6.81. The summed E-state index contributed by atoms with van der Waals surface area (Å²) in [7, 11) is 0. The second-order valence-electron chi connectivity index (χ2n) is 7.98. The van der Waals surface area contributed by atoms with Crippen LogP contribution in [0.1, 0.15) is 45.4 Å². The maximum Gasteiger partial charge on any atom is 0.165 e. The van der Waals surface area contributed by atoms with Gasteiger partial charge in [-0.1, -0.05) is 6.92 Å². The van der Waals surface area contributed by atoms with E-state index < -0.39 is 5.60 Å². The lowest BCUT2D eigenvalue weighted by atomic mass is 9.50. The minimum absolute atomic E-state index is 0.0548. The van der Waals surface area contributed by atoms with Gasteiger partial charge in [0.05, 0.1) is 11.5 Å². The Balaban J connectivity index is 1.79. The minimum atomic E-state index is -1.10. The van der Waals surface area contributed by atoms with E-state index in [1.54, 1.807) is 0 Å². The summed E-state index contributed by atoms with van der Waals surface area (Å²) in [6.07, 6.45) is 5.31. The molecule has 5 fully saturated rings. The second-order valence-corrected chi connectivity index (χ2v) is 7.98. The average Bonchev–Trinajstić information content (AvgIpc) is 2.80. The molecule has 3 saturated heterocycles. The van der Waals surface area contributed by atoms with Gasteiger partial charge in [0.25, 0.3) is 0 Å². The highest BCUT2D eigenvalue weighted by Gasteiger charge is 2.81. The van der Waals surface area contributed by atoms with E-state index in [9.17, 15) is 9.90 Å². The Kier molecular flexibility index (Phi) is 2.01. The Bertz CT molecular complexity index is 508. The molecule has 3 aliphatic heterocycles. The number of rotatable bonds is 0. The number of carbonyl (C=O) groups excluding carboxylic acids is 1. The molecule has 5 rings (SSSR count). The zero-order chi connectivity index (χ0) is 13.8. The van der Waals surface area contributed by atoms with Gasteiger partial charge in [0.2, 0.25) is 0 Å². The number of nitrogens with zero attached hydrogens (tertiary/aromatic N) is 1. The van der Waals surface area contributed by atoms with Crippen LogP contribution in [0.5, 0.6) is 0 Å². The van der Waals surface area contributed by atoms with Crippen molar-refractivity contribution in [1.29, 1.82) is 0 Å². The van der Waals surface area contributed by atoms with Crippen LogP contribution in [-0.4, -0.2) is 46.3 Å². The van der Waals surface area contributed by atoms with Gasteiger partial charge in [-0.25, -0.2) is 0 Å². The smallest absolute Gasteiger partial charge is 0.165 e. The first-order valence-electron chi connectivity index (χ1n) is 8.20. The highest BCUT2D eigenvalue weighted by Crippen LogP contribution is 2.72. The fraction of sp³-hybridized carbons (Fsp3) is 0.938. The first-order chi connectivity index (χ1) is 9.52. The van der Waals surface area contributed by atoms with Gasteiger partial charge < -0.3 is 9.84 Å². The minimum Gasteiger partial charge on any atom is -0.381 e. The molecule has 1 unspecified atom stereocenters. The molecular weight excluding hydrogens is 254 g/mol. The Morgan fingerprint density at radius 3 is 3.10 bits per heavy atom. The van der Waals surface area contributed by atoms with Crippen molar-refractivity contribution in [2.24, 2.45) is 17.3 Å². The van der Waals surface area contributed by atoms with Crippen LogP contribution < -0.4 is 0 Å². The molecule has 1 N–H and O–H groups in total. The second kappa shape index (κ2) is 3.31. The van der Waals surface area contributed by atoms with Gasteiger partial charge >= 0.3 is 0 Å². The van der Waals surface area contributed by atoms with E-state index in [0.717, 1.165) is 38.8 Å². The maximum atomic E-state index is 12.7. The van der Waals surface area contributed by atoms with Crippen LogP contribution >= 0.6 is 0 Å². The van der Waals surface area contributed by atoms with Crippen molar-refractivity contribution in [1.82, 2.24) is 4.90 Å². The van der Waals surface area contributed by atoms with E-state index in [0.29, 0.717) is 24.7 Å². The largest absolute Gasteiger partial charge is 0.381 e. The number of carbonyl (C=O) groups is 1. The molecule has 2 aliphatic carbocycles. The average molecular weight is 277 g/mol. The van der Waals surface area contributed by atoms with E-state index in [2.05, 4.69) is 11.8 Å². The molecule has 2 bridgehead atoms. The normalized spacial score (nSPS) is 60.7. The monoisotopic (exact) mass is 277 g/mol. The van der Waals surface area contributed by atoms with Crippen LogP contribution in [0, 0.1) is 17.3 Å². The van der Waals surface area contributed by atoms with Gasteiger partial charge in [-0.2, -0.15) is 0 Å². The van der Waals surface area contributed by atoms with Gasteiger partial charge in [0.15, 0.2) is 5.78 Å². The number of hydrogen-bond donors (Lipinski definition) is 1. The van der Waals surface area contributed by atoms with E-state index in [1.165, 1.54) is 0 Å². The molecule has 0 aromatic rings. The van der Waals surface area contributed by atoms with E-state index in [-0.39, 0.29) is 23.0 Å². The molecule has 0 aromatic heterocycles. The predicted octanol–water partition coefficient (Wildman–Crippen LogP) is 1.32. The first kappa shape index (κ1) is 12.1. The molecule has 2 spiro atoms. The van der Waals surface area contributed by atoms with Gasteiger partial charge in [-0.3, -0.25) is 9.69 Å². The molecule has 20 heavy (non-hydrogen) atoms. The lowest BCUT2D eigenvalue weighted by Gasteiger charge is -2.65. The highest BCUT2D eigenvalue weighted by atomic mass is 16.6. The maximum absolute atomic E-state index is 12.7. The third-order valence-corrected chi connectivity index (χ3v) is 7.16. The number of hydrogen-bond acceptors (Lipinski definition) is 4. The summed E-state index contributed by atoms with van der Waals surface area (Å²) in [6.45, 7) is 4.27. The standard InChI is InChI=1S/C16H23NO3/c1-10-5-11-6-13(18)15(19)8-12-9-17-4-2-3-14(11,15)16(17,7-10)20-12/h10-12,19H,2-9H2,1H3/t10-,11-,12-,14?,15+,16+/m1/s1. The van der Waals surface area contributed by atoms with Crippen LogP contribution in [0.4, 0.5) is 0 Å². The molecule has 6 atom stereocenters. The molecule has 3 heterocycles. The van der Waals surface area contributed by atoms with Crippen molar-refractivity contribution >= 4 is 5.78 Å². The number of piperidine rings is 1. The molecule has 5 aliphatic rings. The van der Waals surface area contributed by atoms with Crippen molar-refractivity contribution in [3.05, 3.63) is 0 Å². The van der Waals surface area contributed by atoms with Crippen molar-refractivity contribution in [3.8, 4) is 0 Å². The fourth-order valence-corrected chi connectivity index (χ4v) is 6.81. The lowest BCUT2D eigenvalue weighted by molar-refractivity contribution is -0.321. The molecular formula is C16H23NO3. The number of ketones is 1. The topological polar surface area (TPSA) is 49.8 Å². The number of ether oxygens (including phenoxy) is 1. The molecule has 110 valence electrons. The van der Waals surface area contributed by atoms with Gasteiger partial charge in [-0.15, -0.1) is 0 Å². The Morgan fingerprint density at radius 2 is 2.25 bits per heavy atom. The van der Waals surface area contributed by atoms with Crippen molar-refractivity contribution < 1.29 is 14.6 Å². The zero-order valence-electron chi connectivity index (χ0n) is 12.1. The summed E-state index contributed by atoms with van der Waals surface area (Å²) in [5, 5.41) is 11.4. The van der Waals surface area contributed by atoms with E-state index >= 15 is 0 Å². The van der Waals surface area contributed by atoms with Crippen LogP contribution in [0.3, 0.4) is 0 Å². The lowest BCUT2D eigenvalue weighted by Crippen LogP contribution is -2.74. The third-order valence-electron chi connectivity index (χ3n) is 7.16. The summed E-state index contributed by atoms with van der Waals surface area (Å²) in [4.78, 5) is 15.2. The quantitative estimate of drug-likeness (QED) is 0.725. The molecule has 2 saturated carbocycles. The van der Waals surface area contributed by atoms with Gasteiger partial charge in [0.1, 0.15) is 11.3 Å². The Morgan fingerprint density at radius 1 is 1.40 bits per heavy atom. The number of aliphatic hydroxyl groups is 1. The SMILES string of the molecule is C[C@@H]1C[C@@H]2CC(=O)[C@@]3(O)C[C@@H]4CN5CCCC23[C@]5(C1)O4. The molecule has 4 heteroatoms. The third kappa shape index (κ3) is 0.994. The first-order valence-corrected chi connectivity index (χ1v) is 8.20. The molecule has 4 nitrogen and oxygen atoms in total. The van der Waals surface area contributed by atoms with Crippen LogP contribution in [-0.2, 0) is 9.53 Å². The highest BCUT2D eigenvalue weighted by molar-refractivity contribution is 5.92. The van der Waals surface area contributed by atoms with Crippen molar-refractivity contribution in [2.75, 3.05) is 13.1 Å². The Labute approximate surface area is 119 Å². The van der Waals surface area contributed by atoms with Crippen molar-refractivity contribution in [2.45, 2.75) is 62.9 Å². The van der Waals surface area contributed by atoms with Gasteiger partial charge in [0, 0.05) is 25.9 Å². The molecule has 0 radical (unpaired) electrons. The summed E-state index contributed by atoms with van der Waals surface area (Å²) in [5.74, 6) is 1.02. The summed E-state index contributed by atoms with van der Waals surface area (Å²) in [5.41, 5.74) is -1.75. The van der Waals surface area contributed by atoms with Crippen LogP contribution in [0.2, 0.25) is 0 Å². The molecule has 0 aromatic carbocycles. The van der Waals surface area contributed by atoms with E-state index in [4.69, 9.17) is 4.74 Å². The molecule has 0 amide bonds. The van der Waals surface area contributed by atoms with Gasteiger partial charge in [-0.05, 0) is 37.5 Å². The van der Waals surface area contributed by atoms with Crippen molar-refractivity contribution in [3.63, 3.8) is 0 Å². The number of fused-ring (bicyclic) bond motifs is 1.